The van der Waals surface area contributed by atoms with Gasteiger partial charge in [-0.05, 0) is 32.4 Å². The lowest BCUT2D eigenvalue weighted by Gasteiger charge is -2.25. The Morgan fingerprint density at radius 2 is 2.05 bits per heavy atom. The van der Waals surface area contributed by atoms with Gasteiger partial charge in [-0.25, -0.2) is 0 Å². The Labute approximate surface area is 126 Å². The van der Waals surface area contributed by atoms with Crippen LogP contribution in [0.4, 0.5) is 11.5 Å². The molecule has 1 heterocycles. The number of likely N-dealkylation sites (N-methyl/N-ethyl adjacent to an activating group) is 1. The minimum absolute atomic E-state index is 0.00178. The van der Waals surface area contributed by atoms with Crippen molar-refractivity contribution in [1.82, 2.24) is 9.88 Å². The molecule has 6 nitrogen and oxygen atoms in total. The molecular weight excluding hydrogens is 268 g/mol. The molecule has 1 aromatic rings. The first-order valence-electron chi connectivity index (χ1n) is 7.23. The van der Waals surface area contributed by atoms with Crippen LogP contribution < -0.4 is 15.4 Å². The number of rotatable bonds is 7. The third-order valence-electron chi connectivity index (χ3n) is 2.86. The maximum Gasteiger partial charge on any atom is 0.241 e. The molecule has 1 amide bonds. The number of amides is 1. The van der Waals surface area contributed by atoms with Crippen LogP contribution in [-0.2, 0) is 4.79 Å². The lowest BCUT2D eigenvalue weighted by molar-refractivity contribution is -0.127. The van der Waals surface area contributed by atoms with Crippen molar-refractivity contribution in [3.8, 4) is 5.88 Å². The fourth-order valence-corrected chi connectivity index (χ4v) is 1.78. The molecule has 0 spiro atoms. The van der Waals surface area contributed by atoms with Gasteiger partial charge in [0.2, 0.25) is 11.8 Å². The second kappa shape index (κ2) is 7.71. The SMILES string of the molecule is CCCN(CC(=O)N(C)C)c1ccc(N)c(OC(C)C)n1. The monoisotopic (exact) mass is 294 g/mol. The summed E-state index contributed by atoms with van der Waals surface area (Å²) < 4.78 is 5.61. The Bertz CT molecular complexity index is 475. The normalized spacial score (nSPS) is 10.6. The van der Waals surface area contributed by atoms with Gasteiger partial charge in [-0.2, -0.15) is 4.98 Å². The second-order valence-electron chi connectivity index (χ2n) is 5.44. The average Bonchev–Trinajstić information content (AvgIpc) is 2.40. The van der Waals surface area contributed by atoms with E-state index in [0.29, 0.717) is 23.9 Å². The van der Waals surface area contributed by atoms with E-state index >= 15 is 0 Å². The molecule has 1 aromatic heterocycles. The summed E-state index contributed by atoms with van der Waals surface area (Å²) in [5, 5.41) is 0. The van der Waals surface area contributed by atoms with E-state index in [1.165, 1.54) is 0 Å². The highest BCUT2D eigenvalue weighted by atomic mass is 16.5. The summed E-state index contributed by atoms with van der Waals surface area (Å²) in [5.41, 5.74) is 6.38. The number of aromatic nitrogens is 1. The molecule has 0 atom stereocenters. The lowest BCUT2D eigenvalue weighted by Crippen LogP contribution is -2.37. The molecule has 0 saturated carbocycles. The minimum atomic E-state index is -0.00178. The van der Waals surface area contributed by atoms with Gasteiger partial charge >= 0.3 is 0 Å². The number of hydrogen-bond donors (Lipinski definition) is 1. The zero-order chi connectivity index (χ0) is 16.0. The molecule has 0 aliphatic rings. The quantitative estimate of drug-likeness (QED) is 0.829. The molecule has 0 unspecified atom stereocenters. The predicted molar refractivity (Wildman–Crippen MR) is 85.6 cm³/mol. The Hall–Kier alpha value is -1.98. The Morgan fingerprint density at radius 3 is 2.57 bits per heavy atom. The number of nitrogen functional groups attached to an aromatic ring is 1. The van der Waals surface area contributed by atoms with Crippen molar-refractivity contribution in [3.05, 3.63) is 12.1 Å². The van der Waals surface area contributed by atoms with Gasteiger partial charge in [-0.15, -0.1) is 0 Å². The van der Waals surface area contributed by atoms with Gasteiger partial charge in [0.25, 0.3) is 0 Å². The Kier molecular flexibility index (Phi) is 6.27. The summed E-state index contributed by atoms with van der Waals surface area (Å²) in [5.74, 6) is 1.16. The molecule has 0 fully saturated rings. The Morgan fingerprint density at radius 1 is 1.38 bits per heavy atom. The van der Waals surface area contributed by atoms with Gasteiger partial charge in [0.15, 0.2) is 0 Å². The van der Waals surface area contributed by atoms with Gasteiger partial charge in [-0.3, -0.25) is 4.79 Å². The molecule has 0 aromatic carbocycles. The van der Waals surface area contributed by atoms with E-state index in [-0.39, 0.29) is 12.0 Å². The van der Waals surface area contributed by atoms with Crippen LogP contribution in [0.3, 0.4) is 0 Å². The standard InChI is InChI=1S/C15H26N4O2/c1-6-9-19(10-14(20)18(4)5)13-8-7-12(16)15(17-13)21-11(2)3/h7-8,11H,6,9-10,16H2,1-5H3. The molecule has 1 rings (SSSR count). The van der Waals surface area contributed by atoms with Crippen molar-refractivity contribution in [2.45, 2.75) is 33.3 Å². The van der Waals surface area contributed by atoms with Gasteiger partial charge in [0.05, 0.1) is 18.3 Å². The molecule has 21 heavy (non-hydrogen) atoms. The third-order valence-corrected chi connectivity index (χ3v) is 2.86. The first-order valence-corrected chi connectivity index (χ1v) is 7.23. The molecule has 0 bridgehead atoms. The fourth-order valence-electron chi connectivity index (χ4n) is 1.78. The van der Waals surface area contributed by atoms with Gasteiger partial charge in [-0.1, -0.05) is 6.92 Å². The summed E-state index contributed by atoms with van der Waals surface area (Å²) in [7, 11) is 3.49. The van der Waals surface area contributed by atoms with Crippen molar-refractivity contribution in [1.29, 1.82) is 0 Å². The molecular formula is C15H26N4O2. The van der Waals surface area contributed by atoms with Gasteiger partial charge < -0.3 is 20.3 Å². The highest BCUT2D eigenvalue weighted by molar-refractivity contribution is 5.80. The molecule has 0 aliphatic carbocycles. The van der Waals surface area contributed by atoms with Crippen LogP contribution in [0.15, 0.2) is 12.1 Å². The van der Waals surface area contributed by atoms with Crippen LogP contribution in [0, 0.1) is 0 Å². The summed E-state index contributed by atoms with van der Waals surface area (Å²) in [6, 6.07) is 3.59. The fraction of sp³-hybridized carbons (Fsp3) is 0.600. The third kappa shape index (κ3) is 5.13. The van der Waals surface area contributed by atoms with Crippen LogP contribution in [0.2, 0.25) is 0 Å². The van der Waals surface area contributed by atoms with E-state index in [2.05, 4.69) is 11.9 Å². The van der Waals surface area contributed by atoms with E-state index in [9.17, 15) is 4.79 Å². The maximum atomic E-state index is 11.9. The first-order chi connectivity index (χ1) is 9.85. The van der Waals surface area contributed by atoms with E-state index in [1.54, 1.807) is 25.1 Å². The van der Waals surface area contributed by atoms with Crippen LogP contribution in [0.5, 0.6) is 5.88 Å². The molecule has 0 radical (unpaired) electrons. The largest absolute Gasteiger partial charge is 0.473 e. The van der Waals surface area contributed by atoms with Crippen LogP contribution >= 0.6 is 0 Å². The molecule has 0 aliphatic heterocycles. The molecule has 0 saturated heterocycles. The average molecular weight is 294 g/mol. The number of nitrogens with zero attached hydrogens (tertiary/aromatic N) is 3. The number of hydrogen-bond acceptors (Lipinski definition) is 5. The van der Waals surface area contributed by atoms with Crippen LogP contribution in [0.1, 0.15) is 27.2 Å². The molecule has 6 heteroatoms. The topological polar surface area (TPSA) is 71.7 Å². The number of nitrogens with two attached hydrogens (primary N) is 1. The highest BCUT2D eigenvalue weighted by Crippen LogP contribution is 2.24. The zero-order valence-electron chi connectivity index (χ0n) is 13.6. The number of pyridine rings is 1. The Balaban J connectivity index is 2.99. The highest BCUT2D eigenvalue weighted by Gasteiger charge is 2.15. The molecule has 118 valence electrons. The number of ether oxygens (including phenoxy) is 1. The second-order valence-corrected chi connectivity index (χ2v) is 5.44. The zero-order valence-corrected chi connectivity index (χ0v) is 13.6. The summed E-state index contributed by atoms with van der Waals surface area (Å²) in [4.78, 5) is 19.9. The molecule has 2 N–H and O–H groups in total. The minimum Gasteiger partial charge on any atom is -0.473 e. The predicted octanol–water partition coefficient (Wildman–Crippen LogP) is 1.76. The van der Waals surface area contributed by atoms with Crippen molar-refractivity contribution in [2.75, 3.05) is 37.8 Å². The van der Waals surface area contributed by atoms with E-state index in [4.69, 9.17) is 10.5 Å². The van der Waals surface area contributed by atoms with Crippen molar-refractivity contribution in [3.63, 3.8) is 0 Å². The van der Waals surface area contributed by atoms with Crippen molar-refractivity contribution < 1.29 is 9.53 Å². The van der Waals surface area contributed by atoms with Gasteiger partial charge in [0, 0.05) is 20.6 Å². The lowest BCUT2D eigenvalue weighted by atomic mass is 10.3. The van der Waals surface area contributed by atoms with Crippen molar-refractivity contribution in [2.24, 2.45) is 0 Å². The number of carbonyl (C=O) groups is 1. The first kappa shape index (κ1) is 17.1. The van der Waals surface area contributed by atoms with Gasteiger partial charge in [0.1, 0.15) is 5.82 Å². The maximum absolute atomic E-state index is 11.9. The van der Waals surface area contributed by atoms with E-state index < -0.39 is 0 Å². The van der Waals surface area contributed by atoms with Crippen LogP contribution in [-0.4, -0.2) is 49.1 Å². The summed E-state index contributed by atoms with van der Waals surface area (Å²) >= 11 is 0. The summed E-state index contributed by atoms with van der Waals surface area (Å²) in [6.07, 6.45) is 0.922. The smallest absolute Gasteiger partial charge is 0.241 e. The summed E-state index contributed by atoms with van der Waals surface area (Å²) in [6.45, 7) is 6.95. The number of anilines is 2. The van der Waals surface area contributed by atoms with Crippen LogP contribution in [0.25, 0.3) is 0 Å². The van der Waals surface area contributed by atoms with E-state index in [0.717, 1.165) is 13.0 Å². The number of carbonyl (C=O) groups excluding carboxylic acids is 1. The van der Waals surface area contributed by atoms with E-state index in [1.807, 2.05) is 24.8 Å². The van der Waals surface area contributed by atoms with Crippen molar-refractivity contribution >= 4 is 17.4 Å².